The summed E-state index contributed by atoms with van der Waals surface area (Å²) in [4.78, 5) is 41.7. The highest BCUT2D eigenvalue weighted by Crippen LogP contribution is 2.19. The molecule has 2 aliphatic heterocycles. The molecule has 0 aromatic rings. The van der Waals surface area contributed by atoms with Gasteiger partial charge in [-0.15, -0.1) is 0 Å². The minimum atomic E-state index is -0.689. The number of aliphatic imine (C=N–C) groups is 1. The number of amides is 3. The molecule has 0 spiro atoms. The molecular formula is C16H27N5O4. The molecule has 2 fully saturated rings. The van der Waals surface area contributed by atoms with Gasteiger partial charge in [0.25, 0.3) is 0 Å². The van der Waals surface area contributed by atoms with Crippen molar-refractivity contribution in [3.63, 3.8) is 0 Å². The van der Waals surface area contributed by atoms with Crippen molar-refractivity contribution in [2.45, 2.75) is 57.2 Å². The predicted molar refractivity (Wildman–Crippen MR) is 91.7 cm³/mol. The fourth-order valence-corrected chi connectivity index (χ4v) is 3.11. The number of nitrogens with two attached hydrogens (primary N) is 1. The van der Waals surface area contributed by atoms with Crippen LogP contribution in [0.25, 0.3) is 0 Å². The largest absolute Gasteiger partial charge is 0.394 e. The smallest absolute Gasteiger partial charge is 0.245 e. The normalized spacial score (nSPS) is 24.5. The van der Waals surface area contributed by atoms with E-state index in [9.17, 15) is 19.5 Å². The first-order valence-electron chi connectivity index (χ1n) is 8.70. The number of nitrogens with one attached hydrogen (secondary N) is 2. The molecule has 9 nitrogen and oxygen atoms in total. The fourth-order valence-electron chi connectivity index (χ4n) is 3.11. The number of β-lactam (4-membered cyclic amide) rings is 1. The molecule has 140 valence electrons. The fraction of sp³-hybridized carbons (Fsp3) is 0.750. The van der Waals surface area contributed by atoms with Crippen molar-refractivity contribution in [2.75, 3.05) is 19.7 Å². The average Bonchev–Trinajstić information content (AvgIpc) is 3.02. The number of aliphatic hydroxyl groups is 1. The monoisotopic (exact) mass is 353 g/mol. The molecule has 0 aromatic heterocycles. The molecule has 0 aliphatic carbocycles. The van der Waals surface area contributed by atoms with Crippen LogP contribution < -0.4 is 16.4 Å². The van der Waals surface area contributed by atoms with Crippen LogP contribution in [0.5, 0.6) is 0 Å². The van der Waals surface area contributed by atoms with Crippen LogP contribution in [0.4, 0.5) is 0 Å². The summed E-state index contributed by atoms with van der Waals surface area (Å²) in [5.74, 6) is -0.236. The summed E-state index contributed by atoms with van der Waals surface area (Å²) in [6, 6.07) is -1.45. The Hall–Kier alpha value is -2.16. The number of carbonyl (C=O) groups excluding carboxylic acids is 3. The molecule has 0 bridgehead atoms. The first-order valence-corrected chi connectivity index (χ1v) is 8.70. The zero-order valence-electron chi connectivity index (χ0n) is 14.5. The Kier molecular flexibility index (Phi) is 6.74. The standard InChI is InChI=1S/C16H27N5O4/c1-10(17)18-6-2-5-12(20-15(24)13-8-14(23)19-13)16(25)21-7-3-4-11(21)9-22/h11-13,22H,2-9H2,1H3,(H2,17,18)(H,19,23)(H,20,24)/t11-,12-,13-/m0/s1. The lowest BCUT2D eigenvalue weighted by Gasteiger charge is -2.31. The van der Waals surface area contributed by atoms with Crippen LogP contribution in [-0.2, 0) is 14.4 Å². The third kappa shape index (κ3) is 5.15. The van der Waals surface area contributed by atoms with E-state index in [0.29, 0.717) is 31.8 Å². The summed E-state index contributed by atoms with van der Waals surface area (Å²) in [5.41, 5.74) is 5.50. The van der Waals surface area contributed by atoms with Gasteiger partial charge >= 0.3 is 0 Å². The lowest BCUT2D eigenvalue weighted by Crippen LogP contribution is -2.60. The van der Waals surface area contributed by atoms with E-state index >= 15 is 0 Å². The second-order valence-electron chi connectivity index (χ2n) is 6.56. The quantitative estimate of drug-likeness (QED) is 0.182. The van der Waals surface area contributed by atoms with Crippen molar-refractivity contribution < 1.29 is 19.5 Å². The molecule has 0 saturated carbocycles. The van der Waals surface area contributed by atoms with Crippen LogP contribution in [0.2, 0.25) is 0 Å². The minimum absolute atomic E-state index is 0.0816. The molecule has 2 rings (SSSR count). The van der Waals surface area contributed by atoms with Gasteiger partial charge in [-0.3, -0.25) is 19.4 Å². The lowest BCUT2D eigenvalue weighted by atomic mass is 10.0. The van der Waals surface area contributed by atoms with E-state index in [1.165, 1.54) is 0 Å². The highest BCUT2D eigenvalue weighted by molar-refractivity contribution is 5.99. The lowest BCUT2D eigenvalue weighted by molar-refractivity contribution is -0.141. The number of carbonyl (C=O) groups is 3. The maximum absolute atomic E-state index is 12.8. The van der Waals surface area contributed by atoms with Crippen LogP contribution in [-0.4, -0.2) is 71.4 Å². The Labute approximate surface area is 147 Å². The summed E-state index contributed by atoms with van der Waals surface area (Å²) in [6.07, 6.45) is 2.77. The zero-order chi connectivity index (χ0) is 18.4. The molecule has 3 amide bonds. The molecule has 25 heavy (non-hydrogen) atoms. The number of nitrogens with zero attached hydrogens (tertiary/aromatic N) is 2. The zero-order valence-corrected chi connectivity index (χ0v) is 14.5. The number of hydrogen-bond donors (Lipinski definition) is 4. The van der Waals surface area contributed by atoms with E-state index in [-0.39, 0.29) is 36.8 Å². The molecule has 0 aromatic carbocycles. The molecule has 2 saturated heterocycles. The first kappa shape index (κ1) is 19.2. The number of rotatable bonds is 8. The highest BCUT2D eigenvalue weighted by atomic mass is 16.3. The van der Waals surface area contributed by atoms with Crippen molar-refractivity contribution in [3.8, 4) is 0 Å². The topological polar surface area (TPSA) is 137 Å². The van der Waals surface area contributed by atoms with Gasteiger partial charge in [0, 0.05) is 13.1 Å². The number of amidine groups is 1. The summed E-state index contributed by atoms with van der Waals surface area (Å²) >= 11 is 0. The molecule has 9 heteroatoms. The third-order valence-corrected chi connectivity index (χ3v) is 4.54. The molecule has 3 atom stereocenters. The molecule has 5 N–H and O–H groups in total. The van der Waals surface area contributed by atoms with Crippen molar-refractivity contribution >= 4 is 23.6 Å². The van der Waals surface area contributed by atoms with Crippen LogP contribution in [0.3, 0.4) is 0 Å². The Balaban J connectivity index is 1.97. The van der Waals surface area contributed by atoms with E-state index in [4.69, 9.17) is 5.73 Å². The van der Waals surface area contributed by atoms with Gasteiger partial charge in [0.2, 0.25) is 17.7 Å². The third-order valence-electron chi connectivity index (χ3n) is 4.54. The van der Waals surface area contributed by atoms with Crippen LogP contribution >= 0.6 is 0 Å². The van der Waals surface area contributed by atoms with Gasteiger partial charge in [-0.25, -0.2) is 0 Å². The van der Waals surface area contributed by atoms with Gasteiger partial charge in [-0.2, -0.15) is 0 Å². The number of hydrogen-bond acceptors (Lipinski definition) is 5. The molecule has 2 aliphatic rings. The Morgan fingerprint density at radius 3 is 2.84 bits per heavy atom. The van der Waals surface area contributed by atoms with Crippen LogP contribution in [0.15, 0.2) is 4.99 Å². The molecular weight excluding hydrogens is 326 g/mol. The Bertz CT molecular complexity index is 539. The van der Waals surface area contributed by atoms with Crippen molar-refractivity contribution in [1.82, 2.24) is 15.5 Å². The maximum Gasteiger partial charge on any atom is 0.245 e. The van der Waals surface area contributed by atoms with E-state index < -0.39 is 12.1 Å². The first-order chi connectivity index (χ1) is 11.9. The van der Waals surface area contributed by atoms with E-state index in [1.54, 1.807) is 11.8 Å². The average molecular weight is 353 g/mol. The summed E-state index contributed by atoms with van der Waals surface area (Å²) in [5, 5.41) is 14.7. The van der Waals surface area contributed by atoms with Crippen molar-refractivity contribution in [3.05, 3.63) is 0 Å². The van der Waals surface area contributed by atoms with Gasteiger partial charge in [0.1, 0.15) is 12.1 Å². The van der Waals surface area contributed by atoms with E-state index in [2.05, 4.69) is 15.6 Å². The van der Waals surface area contributed by atoms with Gasteiger partial charge < -0.3 is 26.4 Å². The second kappa shape index (κ2) is 8.80. The summed E-state index contributed by atoms with van der Waals surface area (Å²) in [6.45, 7) is 2.67. The number of aliphatic hydroxyl groups excluding tert-OH is 1. The minimum Gasteiger partial charge on any atom is -0.394 e. The summed E-state index contributed by atoms with van der Waals surface area (Å²) in [7, 11) is 0. The van der Waals surface area contributed by atoms with Crippen molar-refractivity contribution in [2.24, 2.45) is 10.7 Å². The van der Waals surface area contributed by atoms with Gasteiger partial charge in [0.15, 0.2) is 0 Å². The van der Waals surface area contributed by atoms with Gasteiger partial charge in [0.05, 0.1) is 24.9 Å². The second-order valence-corrected chi connectivity index (χ2v) is 6.56. The number of likely N-dealkylation sites (tertiary alicyclic amines) is 1. The van der Waals surface area contributed by atoms with E-state index in [1.807, 2.05) is 0 Å². The predicted octanol–water partition coefficient (Wildman–Crippen LogP) is -1.50. The SMILES string of the molecule is CC(N)=NCCC[C@H](NC(=O)[C@@H]1CC(=O)N1)C(=O)N1CCC[C@H]1CO. The summed E-state index contributed by atoms with van der Waals surface area (Å²) < 4.78 is 0. The van der Waals surface area contributed by atoms with Gasteiger partial charge in [-0.05, 0) is 32.6 Å². The van der Waals surface area contributed by atoms with E-state index in [0.717, 1.165) is 12.8 Å². The van der Waals surface area contributed by atoms with Gasteiger partial charge in [-0.1, -0.05) is 0 Å². The maximum atomic E-state index is 12.8. The Morgan fingerprint density at radius 1 is 1.52 bits per heavy atom. The van der Waals surface area contributed by atoms with Crippen LogP contribution in [0.1, 0.15) is 39.0 Å². The molecule has 0 unspecified atom stereocenters. The highest BCUT2D eigenvalue weighted by Gasteiger charge is 2.37. The molecule has 2 heterocycles. The molecule has 0 radical (unpaired) electrons. The van der Waals surface area contributed by atoms with Crippen LogP contribution in [0, 0.1) is 0 Å². The van der Waals surface area contributed by atoms with Crippen molar-refractivity contribution in [1.29, 1.82) is 0 Å². The Morgan fingerprint density at radius 2 is 2.24 bits per heavy atom.